The van der Waals surface area contributed by atoms with E-state index in [1.165, 1.54) is 0 Å². The van der Waals surface area contributed by atoms with E-state index >= 15 is 0 Å². The van der Waals surface area contributed by atoms with Crippen molar-refractivity contribution in [3.8, 4) is 0 Å². The molecule has 0 aromatic heterocycles. The molecule has 2 unspecified atom stereocenters. The van der Waals surface area contributed by atoms with Gasteiger partial charge in [-0.15, -0.1) is 0 Å². The summed E-state index contributed by atoms with van der Waals surface area (Å²) in [5.41, 5.74) is 0.439. The number of carboxylic acids is 1. The van der Waals surface area contributed by atoms with Crippen molar-refractivity contribution in [1.29, 1.82) is 0 Å². The van der Waals surface area contributed by atoms with Crippen molar-refractivity contribution in [2.45, 2.75) is 32.4 Å². The molecule has 19 heavy (non-hydrogen) atoms. The fourth-order valence-corrected chi connectivity index (χ4v) is 1.73. The van der Waals surface area contributed by atoms with Crippen molar-refractivity contribution in [3.05, 3.63) is 35.9 Å². The zero-order valence-electron chi connectivity index (χ0n) is 11.0. The number of hydrogen-bond donors (Lipinski definition) is 3. The highest BCUT2D eigenvalue weighted by atomic mass is 16.4. The molecule has 3 N–H and O–H groups in total. The second-order valence-corrected chi connectivity index (χ2v) is 4.84. The van der Waals surface area contributed by atoms with Crippen LogP contribution in [0.5, 0.6) is 0 Å². The average Bonchev–Trinajstić information content (AvgIpc) is 2.37. The van der Waals surface area contributed by atoms with Gasteiger partial charge in [0.15, 0.2) is 6.10 Å². The quantitative estimate of drug-likeness (QED) is 0.724. The highest BCUT2D eigenvalue weighted by Crippen LogP contribution is 2.13. The standard InChI is InChI=1S/C14H19NO4/c1-9(2)8-11(14(18)19)15-13(17)12(16)10-6-4-3-5-7-10/h3-7,9,11-12,16H,8H2,1-2H3,(H,15,17)(H,18,19). The van der Waals surface area contributed by atoms with E-state index in [2.05, 4.69) is 5.32 Å². The second kappa shape index (κ2) is 6.89. The molecule has 0 saturated carbocycles. The van der Waals surface area contributed by atoms with Gasteiger partial charge in [0.2, 0.25) is 0 Å². The van der Waals surface area contributed by atoms with Gasteiger partial charge in [-0.2, -0.15) is 0 Å². The Hall–Kier alpha value is -1.88. The van der Waals surface area contributed by atoms with Gasteiger partial charge in [0.05, 0.1) is 0 Å². The van der Waals surface area contributed by atoms with Crippen molar-refractivity contribution in [1.82, 2.24) is 5.32 Å². The Morgan fingerprint density at radius 3 is 2.26 bits per heavy atom. The number of aliphatic hydroxyl groups excluding tert-OH is 1. The van der Waals surface area contributed by atoms with Gasteiger partial charge < -0.3 is 15.5 Å². The lowest BCUT2D eigenvalue weighted by Crippen LogP contribution is -2.43. The van der Waals surface area contributed by atoms with Crippen LogP contribution in [0.15, 0.2) is 30.3 Å². The van der Waals surface area contributed by atoms with Crippen LogP contribution in [-0.2, 0) is 9.59 Å². The van der Waals surface area contributed by atoms with Crippen molar-refractivity contribution in [3.63, 3.8) is 0 Å². The summed E-state index contributed by atoms with van der Waals surface area (Å²) in [5.74, 6) is -1.66. The highest BCUT2D eigenvalue weighted by Gasteiger charge is 2.25. The van der Waals surface area contributed by atoms with Crippen molar-refractivity contribution in [2.75, 3.05) is 0 Å². The SMILES string of the molecule is CC(C)CC(NC(=O)C(O)c1ccccc1)C(=O)O. The molecule has 0 bridgehead atoms. The van der Waals surface area contributed by atoms with Gasteiger partial charge in [-0.25, -0.2) is 4.79 Å². The number of carboxylic acid groups (broad SMARTS) is 1. The number of amides is 1. The van der Waals surface area contributed by atoms with Crippen LogP contribution in [0.2, 0.25) is 0 Å². The molecule has 1 rings (SSSR count). The molecule has 0 spiro atoms. The first kappa shape index (κ1) is 15.2. The number of aliphatic hydroxyl groups is 1. The molecular formula is C14H19NO4. The fraction of sp³-hybridized carbons (Fsp3) is 0.429. The number of carbonyl (C=O) groups excluding carboxylic acids is 1. The number of rotatable bonds is 6. The predicted octanol–water partition coefficient (Wildman–Crippen LogP) is 1.34. The molecular weight excluding hydrogens is 246 g/mol. The van der Waals surface area contributed by atoms with Gasteiger partial charge in [0.25, 0.3) is 5.91 Å². The molecule has 1 aromatic rings. The molecule has 0 aliphatic heterocycles. The smallest absolute Gasteiger partial charge is 0.326 e. The normalized spacial score (nSPS) is 13.9. The zero-order valence-corrected chi connectivity index (χ0v) is 11.0. The molecule has 0 aliphatic rings. The van der Waals surface area contributed by atoms with Crippen LogP contribution in [-0.4, -0.2) is 28.1 Å². The van der Waals surface area contributed by atoms with Crippen LogP contribution < -0.4 is 5.32 Å². The summed E-state index contributed by atoms with van der Waals surface area (Å²) in [6, 6.07) is 7.42. The maximum atomic E-state index is 11.8. The Morgan fingerprint density at radius 2 is 1.79 bits per heavy atom. The molecule has 0 aliphatic carbocycles. The Bertz CT molecular complexity index is 430. The Labute approximate surface area is 112 Å². The van der Waals surface area contributed by atoms with Gasteiger partial charge in [0.1, 0.15) is 6.04 Å². The summed E-state index contributed by atoms with van der Waals surface area (Å²) in [6.07, 6.45) is -1.03. The average molecular weight is 265 g/mol. The fourth-order valence-electron chi connectivity index (χ4n) is 1.73. The first-order valence-electron chi connectivity index (χ1n) is 6.18. The van der Waals surface area contributed by atoms with Crippen LogP contribution in [0.1, 0.15) is 31.9 Å². The Balaban J connectivity index is 2.69. The molecule has 1 amide bonds. The van der Waals surface area contributed by atoms with Crippen molar-refractivity contribution < 1.29 is 19.8 Å². The first-order chi connectivity index (χ1) is 8.91. The van der Waals surface area contributed by atoms with Crippen LogP contribution in [0.4, 0.5) is 0 Å². The molecule has 0 heterocycles. The molecule has 0 radical (unpaired) electrons. The van der Waals surface area contributed by atoms with Gasteiger partial charge >= 0.3 is 5.97 Å². The van der Waals surface area contributed by atoms with E-state index in [0.29, 0.717) is 12.0 Å². The van der Waals surface area contributed by atoms with E-state index in [1.54, 1.807) is 30.3 Å². The lowest BCUT2D eigenvalue weighted by atomic mass is 10.0. The first-order valence-corrected chi connectivity index (χ1v) is 6.18. The third-order valence-corrected chi connectivity index (χ3v) is 2.69. The van der Waals surface area contributed by atoms with Gasteiger partial charge in [0, 0.05) is 0 Å². The molecule has 1 aromatic carbocycles. The van der Waals surface area contributed by atoms with Crippen LogP contribution in [0, 0.1) is 5.92 Å². The molecule has 5 nitrogen and oxygen atoms in total. The highest BCUT2D eigenvalue weighted by molar-refractivity contribution is 5.86. The topological polar surface area (TPSA) is 86.6 Å². The number of carbonyl (C=O) groups is 2. The third-order valence-electron chi connectivity index (χ3n) is 2.69. The number of hydrogen-bond acceptors (Lipinski definition) is 3. The summed E-state index contributed by atoms with van der Waals surface area (Å²) in [6.45, 7) is 3.74. The summed E-state index contributed by atoms with van der Waals surface area (Å²) in [7, 11) is 0. The molecule has 2 atom stereocenters. The Kier molecular flexibility index (Phi) is 5.51. The van der Waals surface area contributed by atoms with Crippen molar-refractivity contribution in [2.24, 2.45) is 5.92 Å². The third kappa shape index (κ3) is 4.71. The maximum absolute atomic E-state index is 11.8. The van der Waals surface area contributed by atoms with E-state index in [9.17, 15) is 14.7 Å². The van der Waals surface area contributed by atoms with E-state index < -0.39 is 24.0 Å². The number of aliphatic carboxylic acids is 1. The Morgan fingerprint density at radius 1 is 1.21 bits per heavy atom. The predicted molar refractivity (Wildman–Crippen MR) is 70.4 cm³/mol. The van der Waals surface area contributed by atoms with E-state index in [4.69, 9.17) is 5.11 Å². The van der Waals surface area contributed by atoms with Gasteiger partial charge in [-0.3, -0.25) is 4.79 Å². The summed E-state index contributed by atoms with van der Waals surface area (Å²) in [4.78, 5) is 22.8. The summed E-state index contributed by atoms with van der Waals surface area (Å²) < 4.78 is 0. The van der Waals surface area contributed by atoms with E-state index in [-0.39, 0.29) is 5.92 Å². The second-order valence-electron chi connectivity index (χ2n) is 4.84. The monoisotopic (exact) mass is 265 g/mol. The van der Waals surface area contributed by atoms with Gasteiger partial charge in [-0.1, -0.05) is 44.2 Å². The zero-order chi connectivity index (χ0) is 14.4. The van der Waals surface area contributed by atoms with Crippen LogP contribution in [0.25, 0.3) is 0 Å². The summed E-state index contributed by atoms with van der Waals surface area (Å²) >= 11 is 0. The minimum Gasteiger partial charge on any atom is -0.480 e. The lowest BCUT2D eigenvalue weighted by molar-refractivity contribution is -0.144. The minimum atomic E-state index is -1.35. The van der Waals surface area contributed by atoms with Crippen LogP contribution in [0.3, 0.4) is 0 Å². The molecule has 0 fully saturated rings. The molecule has 104 valence electrons. The van der Waals surface area contributed by atoms with E-state index in [1.807, 2.05) is 13.8 Å². The van der Waals surface area contributed by atoms with Crippen molar-refractivity contribution >= 4 is 11.9 Å². The van der Waals surface area contributed by atoms with Gasteiger partial charge in [-0.05, 0) is 17.9 Å². The summed E-state index contributed by atoms with van der Waals surface area (Å²) in [5, 5.41) is 21.2. The number of benzene rings is 1. The molecule has 5 heteroatoms. The number of nitrogens with one attached hydrogen (secondary N) is 1. The van der Waals surface area contributed by atoms with Crippen LogP contribution >= 0.6 is 0 Å². The lowest BCUT2D eigenvalue weighted by Gasteiger charge is -2.18. The molecule has 0 saturated heterocycles. The maximum Gasteiger partial charge on any atom is 0.326 e. The minimum absolute atomic E-state index is 0.135. The van der Waals surface area contributed by atoms with E-state index in [0.717, 1.165) is 0 Å². The largest absolute Gasteiger partial charge is 0.480 e.